The van der Waals surface area contributed by atoms with E-state index in [1.807, 2.05) is 35.0 Å². The van der Waals surface area contributed by atoms with Crippen LogP contribution < -0.4 is 0 Å². The zero-order valence-corrected chi connectivity index (χ0v) is 13.6. The lowest BCUT2D eigenvalue weighted by Crippen LogP contribution is -2.21. The van der Waals surface area contributed by atoms with Gasteiger partial charge in [0.2, 0.25) is 0 Å². The maximum atomic E-state index is 5.96. The van der Waals surface area contributed by atoms with Crippen LogP contribution in [0.2, 0.25) is 5.02 Å². The molecule has 0 amide bonds. The van der Waals surface area contributed by atoms with Crippen LogP contribution in [-0.2, 0) is 17.9 Å². The fourth-order valence-electron chi connectivity index (χ4n) is 2.96. The van der Waals surface area contributed by atoms with E-state index >= 15 is 0 Å². The van der Waals surface area contributed by atoms with Crippen LogP contribution in [0, 0.1) is 0 Å². The SMILES string of the molecule is Clc1ccc([C@H]2Cn3nc(-c4nc(C5CC5)no4)cc3CO2)cc1. The molecule has 5 rings (SSSR count). The molecule has 1 aliphatic carbocycles. The predicted molar refractivity (Wildman–Crippen MR) is 86.5 cm³/mol. The molecule has 0 N–H and O–H groups in total. The van der Waals surface area contributed by atoms with Gasteiger partial charge >= 0.3 is 0 Å². The third-order valence-corrected chi connectivity index (χ3v) is 4.73. The maximum absolute atomic E-state index is 5.96. The van der Waals surface area contributed by atoms with Gasteiger partial charge in [-0.3, -0.25) is 4.68 Å². The van der Waals surface area contributed by atoms with Crippen molar-refractivity contribution in [2.75, 3.05) is 0 Å². The van der Waals surface area contributed by atoms with Gasteiger partial charge in [0.05, 0.1) is 18.8 Å². The van der Waals surface area contributed by atoms with Crippen molar-refractivity contribution in [3.05, 3.63) is 52.4 Å². The van der Waals surface area contributed by atoms with Crippen molar-refractivity contribution in [1.82, 2.24) is 19.9 Å². The molecule has 1 saturated carbocycles. The molecule has 0 unspecified atom stereocenters. The van der Waals surface area contributed by atoms with E-state index in [1.165, 1.54) is 0 Å². The highest BCUT2D eigenvalue weighted by Gasteiger charge is 2.30. The summed E-state index contributed by atoms with van der Waals surface area (Å²) in [6.45, 7) is 1.16. The second kappa shape index (κ2) is 5.43. The molecule has 1 fully saturated rings. The highest BCUT2D eigenvalue weighted by molar-refractivity contribution is 6.30. The quantitative estimate of drug-likeness (QED) is 0.725. The van der Waals surface area contributed by atoms with Gasteiger partial charge in [-0.15, -0.1) is 0 Å². The van der Waals surface area contributed by atoms with Gasteiger partial charge in [0.25, 0.3) is 5.89 Å². The van der Waals surface area contributed by atoms with Crippen LogP contribution in [0.3, 0.4) is 0 Å². The molecular weight excluding hydrogens is 328 g/mol. The standard InChI is InChI=1S/C17H15ClN4O2/c18-12-5-3-10(4-6-12)15-8-22-13(9-23-15)7-14(20-22)17-19-16(21-24-17)11-1-2-11/h3-7,11,15H,1-2,8-9H2/t15-/m1/s1. The normalized spacial score (nSPS) is 20.1. The first-order valence-corrected chi connectivity index (χ1v) is 8.42. The highest BCUT2D eigenvalue weighted by atomic mass is 35.5. The third kappa shape index (κ3) is 2.52. The van der Waals surface area contributed by atoms with Crippen molar-refractivity contribution in [3.63, 3.8) is 0 Å². The van der Waals surface area contributed by atoms with Crippen molar-refractivity contribution < 1.29 is 9.26 Å². The third-order valence-electron chi connectivity index (χ3n) is 4.48. The van der Waals surface area contributed by atoms with E-state index in [0.29, 0.717) is 30.7 Å². The van der Waals surface area contributed by atoms with Gasteiger partial charge in [0.1, 0.15) is 6.10 Å². The first-order valence-electron chi connectivity index (χ1n) is 8.04. The highest BCUT2D eigenvalue weighted by Crippen LogP contribution is 2.39. The Hall–Kier alpha value is -2.18. The van der Waals surface area contributed by atoms with Crippen LogP contribution in [0.4, 0.5) is 0 Å². The lowest BCUT2D eigenvalue weighted by Gasteiger charge is -2.24. The number of hydrogen-bond donors (Lipinski definition) is 0. The van der Waals surface area contributed by atoms with E-state index in [4.69, 9.17) is 20.9 Å². The average molecular weight is 343 g/mol. The van der Waals surface area contributed by atoms with Gasteiger partial charge in [0, 0.05) is 10.9 Å². The van der Waals surface area contributed by atoms with E-state index in [2.05, 4.69) is 15.2 Å². The van der Waals surface area contributed by atoms with E-state index in [-0.39, 0.29) is 6.10 Å². The van der Waals surface area contributed by atoms with Crippen molar-refractivity contribution >= 4 is 11.6 Å². The molecule has 2 aromatic heterocycles. The first-order chi connectivity index (χ1) is 11.8. The van der Waals surface area contributed by atoms with E-state index in [9.17, 15) is 0 Å². The van der Waals surface area contributed by atoms with Gasteiger partial charge in [-0.1, -0.05) is 28.9 Å². The maximum Gasteiger partial charge on any atom is 0.278 e. The summed E-state index contributed by atoms with van der Waals surface area (Å²) in [5.41, 5.74) is 2.82. The smallest absolute Gasteiger partial charge is 0.278 e. The van der Waals surface area contributed by atoms with Gasteiger partial charge < -0.3 is 9.26 Å². The molecule has 24 heavy (non-hydrogen) atoms. The van der Waals surface area contributed by atoms with E-state index in [0.717, 1.165) is 34.9 Å². The number of benzene rings is 1. The minimum absolute atomic E-state index is 0.0350. The van der Waals surface area contributed by atoms with Crippen molar-refractivity contribution in [2.45, 2.75) is 38.0 Å². The Morgan fingerprint density at radius 3 is 2.79 bits per heavy atom. The van der Waals surface area contributed by atoms with Crippen molar-refractivity contribution in [2.24, 2.45) is 0 Å². The summed E-state index contributed by atoms with van der Waals surface area (Å²) >= 11 is 5.95. The summed E-state index contributed by atoms with van der Waals surface area (Å²) in [6.07, 6.45) is 2.26. The number of ether oxygens (including phenoxy) is 1. The topological polar surface area (TPSA) is 66.0 Å². The lowest BCUT2D eigenvalue weighted by atomic mass is 10.1. The number of fused-ring (bicyclic) bond motifs is 1. The van der Waals surface area contributed by atoms with Gasteiger partial charge in [0.15, 0.2) is 11.5 Å². The lowest BCUT2D eigenvalue weighted by molar-refractivity contribution is -0.00112. The molecule has 0 bridgehead atoms. The van der Waals surface area contributed by atoms with Crippen LogP contribution in [0.15, 0.2) is 34.9 Å². The molecular formula is C17H15ClN4O2. The van der Waals surface area contributed by atoms with Crippen LogP contribution >= 0.6 is 11.6 Å². The predicted octanol–water partition coefficient (Wildman–Crippen LogP) is 3.74. The molecule has 0 spiro atoms. The number of aromatic nitrogens is 4. The summed E-state index contributed by atoms with van der Waals surface area (Å²) in [5.74, 6) is 1.76. The fourth-order valence-corrected chi connectivity index (χ4v) is 3.08. The first kappa shape index (κ1) is 14.2. The molecule has 0 radical (unpaired) electrons. The molecule has 1 atom stereocenters. The average Bonchev–Trinajstić information content (AvgIpc) is 3.18. The zero-order chi connectivity index (χ0) is 16.1. The second-order valence-electron chi connectivity index (χ2n) is 6.29. The van der Waals surface area contributed by atoms with Crippen molar-refractivity contribution in [1.29, 1.82) is 0 Å². The Kier molecular flexibility index (Phi) is 3.21. The molecule has 3 aromatic rings. The summed E-state index contributed by atoms with van der Waals surface area (Å²) in [7, 11) is 0. The number of hydrogen-bond acceptors (Lipinski definition) is 5. The Balaban J connectivity index is 1.40. The Labute approximate surface area is 143 Å². The monoisotopic (exact) mass is 342 g/mol. The van der Waals surface area contributed by atoms with Gasteiger partial charge in [-0.2, -0.15) is 10.1 Å². The largest absolute Gasteiger partial charge is 0.365 e. The molecule has 1 aromatic carbocycles. The van der Waals surface area contributed by atoms with Crippen LogP contribution in [0.1, 0.15) is 41.9 Å². The number of rotatable bonds is 3. The Bertz CT molecular complexity index is 882. The van der Waals surface area contributed by atoms with Crippen LogP contribution in [0.25, 0.3) is 11.6 Å². The van der Waals surface area contributed by atoms with Crippen LogP contribution in [0.5, 0.6) is 0 Å². The molecule has 1 aliphatic heterocycles. The van der Waals surface area contributed by atoms with Crippen LogP contribution in [-0.4, -0.2) is 19.9 Å². The molecule has 122 valence electrons. The van der Waals surface area contributed by atoms with Crippen molar-refractivity contribution in [3.8, 4) is 11.6 Å². The second-order valence-corrected chi connectivity index (χ2v) is 6.72. The zero-order valence-electron chi connectivity index (χ0n) is 12.9. The summed E-state index contributed by atoms with van der Waals surface area (Å²) in [4.78, 5) is 4.46. The fraction of sp³-hybridized carbons (Fsp3) is 0.353. The molecule has 7 heteroatoms. The van der Waals surface area contributed by atoms with E-state index < -0.39 is 0 Å². The number of nitrogens with zero attached hydrogens (tertiary/aromatic N) is 4. The molecule has 6 nitrogen and oxygen atoms in total. The molecule has 0 saturated heterocycles. The minimum Gasteiger partial charge on any atom is -0.365 e. The Morgan fingerprint density at radius 1 is 1.17 bits per heavy atom. The summed E-state index contributed by atoms with van der Waals surface area (Å²) in [5, 5.41) is 9.40. The molecule has 2 aliphatic rings. The van der Waals surface area contributed by atoms with Gasteiger partial charge in [-0.05, 0) is 36.6 Å². The Morgan fingerprint density at radius 2 is 2.00 bits per heavy atom. The number of halogens is 1. The molecule has 3 heterocycles. The minimum atomic E-state index is -0.0350. The summed E-state index contributed by atoms with van der Waals surface area (Å²) in [6, 6.07) is 9.69. The van der Waals surface area contributed by atoms with Gasteiger partial charge in [-0.25, -0.2) is 0 Å². The summed E-state index contributed by atoms with van der Waals surface area (Å²) < 4.78 is 13.3. The van der Waals surface area contributed by atoms with E-state index in [1.54, 1.807) is 0 Å².